The SMILES string of the molecule is CCCn1c(N2CCC[C@H](C(=O)NC(C)C)C2)nc2ccccc21. The summed E-state index contributed by atoms with van der Waals surface area (Å²) in [4.78, 5) is 19.6. The van der Waals surface area contributed by atoms with Crippen LogP contribution in [0.4, 0.5) is 5.95 Å². The number of hydrogen-bond donors (Lipinski definition) is 1. The van der Waals surface area contributed by atoms with Crippen LogP contribution in [0.25, 0.3) is 11.0 Å². The van der Waals surface area contributed by atoms with E-state index in [1.54, 1.807) is 0 Å². The van der Waals surface area contributed by atoms with E-state index in [0.29, 0.717) is 0 Å². The minimum Gasteiger partial charge on any atom is -0.354 e. The number of carbonyl (C=O) groups is 1. The molecule has 1 amide bonds. The standard InChI is InChI=1S/C19H28N4O/c1-4-11-23-17-10-6-5-9-16(17)21-19(23)22-12-7-8-15(13-22)18(24)20-14(2)3/h5-6,9-10,14-15H,4,7-8,11-13H2,1-3H3,(H,20,24)/t15-/m0/s1. The molecule has 130 valence electrons. The maximum Gasteiger partial charge on any atom is 0.225 e. The third kappa shape index (κ3) is 3.40. The topological polar surface area (TPSA) is 50.2 Å². The Balaban J connectivity index is 1.86. The van der Waals surface area contributed by atoms with Gasteiger partial charge in [-0.25, -0.2) is 4.98 Å². The van der Waals surface area contributed by atoms with Crippen LogP contribution in [0.3, 0.4) is 0 Å². The molecule has 1 aromatic heterocycles. The molecule has 1 aromatic carbocycles. The molecule has 1 aliphatic rings. The van der Waals surface area contributed by atoms with Crippen molar-refractivity contribution in [3.8, 4) is 0 Å². The number of fused-ring (bicyclic) bond motifs is 1. The van der Waals surface area contributed by atoms with Crippen LogP contribution in [0.2, 0.25) is 0 Å². The lowest BCUT2D eigenvalue weighted by atomic mass is 9.97. The fraction of sp³-hybridized carbons (Fsp3) is 0.579. The van der Waals surface area contributed by atoms with Gasteiger partial charge in [0, 0.05) is 25.7 Å². The van der Waals surface area contributed by atoms with Crippen molar-refractivity contribution in [3.63, 3.8) is 0 Å². The van der Waals surface area contributed by atoms with Gasteiger partial charge in [0.2, 0.25) is 11.9 Å². The average molecular weight is 328 g/mol. The molecule has 1 fully saturated rings. The molecule has 1 N–H and O–H groups in total. The van der Waals surface area contributed by atoms with Gasteiger partial charge in [0.25, 0.3) is 0 Å². The van der Waals surface area contributed by atoms with Crippen LogP contribution in [0, 0.1) is 5.92 Å². The average Bonchev–Trinajstić information content (AvgIpc) is 2.94. The van der Waals surface area contributed by atoms with E-state index in [-0.39, 0.29) is 17.9 Å². The normalized spacial score (nSPS) is 18.3. The van der Waals surface area contributed by atoms with E-state index < -0.39 is 0 Å². The number of para-hydroxylation sites is 2. The van der Waals surface area contributed by atoms with Crippen molar-refractivity contribution >= 4 is 22.9 Å². The van der Waals surface area contributed by atoms with Crippen molar-refractivity contribution in [1.82, 2.24) is 14.9 Å². The number of nitrogens with zero attached hydrogens (tertiary/aromatic N) is 3. The van der Waals surface area contributed by atoms with Crippen LogP contribution in [-0.2, 0) is 11.3 Å². The van der Waals surface area contributed by atoms with Gasteiger partial charge in [0.05, 0.1) is 17.0 Å². The summed E-state index contributed by atoms with van der Waals surface area (Å²) in [6, 6.07) is 8.49. The first-order chi connectivity index (χ1) is 11.6. The first kappa shape index (κ1) is 16.8. The molecule has 5 heteroatoms. The van der Waals surface area contributed by atoms with Crippen molar-refractivity contribution in [1.29, 1.82) is 0 Å². The highest BCUT2D eigenvalue weighted by Gasteiger charge is 2.28. The molecular weight excluding hydrogens is 300 g/mol. The fourth-order valence-corrected chi connectivity index (χ4v) is 3.52. The highest BCUT2D eigenvalue weighted by molar-refractivity contribution is 5.81. The summed E-state index contributed by atoms with van der Waals surface area (Å²) in [6.45, 7) is 8.89. The van der Waals surface area contributed by atoms with E-state index in [1.165, 1.54) is 5.52 Å². The highest BCUT2D eigenvalue weighted by Crippen LogP contribution is 2.27. The summed E-state index contributed by atoms with van der Waals surface area (Å²) in [5.74, 6) is 1.24. The monoisotopic (exact) mass is 328 g/mol. The molecule has 1 aliphatic heterocycles. The molecule has 1 saturated heterocycles. The first-order valence-corrected chi connectivity index (χ1v) is 9.10. The number of amides is 1. The predicted octanol–water partition coefficient (Wildman–Crippen LogP) is 3.19. The third-order valence-electron chi connectivity index (χ3n) is 4.59. The maximum atomic E-state index is 12.4. The van der Waals surface area contributed by atoms with Crippen LogP contribution >= 0.6 is 0 Å². The molecule has 0 bridgehead atoms. The van der Waals surface area contributed by atoms with Crippen molar-refractivity contribution in [2.45, 2.75) is 52.6 Å². The number of rotatable bonds is 5. The summed E-state index contributed by atoms with van der Waals surface area (Å²) in [7, 11) is 0. The molecule has 5 nitrogen and oxygen atoms in total. The molecule has 2 aromatic rings. The zero-order chi connectivity index (χ0) is 17.1. The molecule has 24 heavy (non-hydrogen) atoms. The lowest BCUT2D eigenvalue weighted by molar-refractivity contribution is -0.125. The van der Waals surface area contributed by atoms with Gasteiger partial charge >= 0.3 is 0 Å². The van der Waals surface area contributed by atoms with E-state index >= 15 is 0 Å². The van der Waals surface area contributed by atoms with Gasteiger partial charge in [0.15, 0.2) is 0 Å². The number of hydrogen-bond acceptors (Lipinski definition) is 3. The summed E-state index contributed by atoms with van der Waals surface area (Å²) < 4.78 is 2.30. The largest absolute Gasteiger partial charge is 0.354 e. The Hall–Kier alpha value is -2.04. The summed E-state index contributed by atoms with van der Waals surface area (Å²) in [5.41, 5.74) is 2.22. The van der Waals surface area contributed by atoms with Gasteiger partial charge in [-0.1, -0.05) is 19.1 Å². The second-order valence-corrected chi connectivity index (χ2v) is 7.00. The Morgan fingerprint density at radius 3 is 2.92 bits per heavy atom. The van der Waals surface area contributed by atoms with Crippen LogP contribution in [0.1, 0.15) is 40.0 Å². The molecule has 0 unspecified atom stereocenters. The van der Waals surface area contributed by atoms with Gasteiger partial charge in [-0.05, 0) is 45.2 Å². The fourth-order valence-electron chi connectivity index (χ4n) is 3.52. The van der Waals surface area contributed by atoms with E-state index in [1.807, 2.05) is 19.9 Å². The number of anilines is 1. The number of benzene rings is 1. The number of imidazole rings is 1. The Bertz CT molecular complexity index is 706. The van der Waals surface area contributed by atoms with E-state index in [4.69, 9.17) is 4.98 Å². The van der Waals surface area contributed by atoms with Gasteiger partial charge in [-0.2, -0.15) is 0 Å². The lowest BCUT2D eigenvalue weighted by Gasteiger charge is -2.33. The summed E-state index contributed by atoms with van der Waals surface area (Å²) in [6.07, 6.45) is 3.06. The molecule has 0 spiro atoms. The van der Waals surface area contributed by atoms with Crippen molar-refractivity contribution in [3.05, 3.63) is 24.3 Å². The van der Waals surface area contributed by atoms with E-state index in [0.717, 1.165) is 50.4 Å². The van der Waals surface area contributed by atoms with Crippen molar-refractivity contribution in [2.24, 2.45) is 5.92 Å². The summed E-state index contributed by atoms with van der Waals surface area (Å²) in [5, 5.41) is 3.06. The van der Waals surface area contributed by atoms with Crippen molar-refractivity contribution in [2.75, 3.05) is 18.0 Å². The minimum absolute atomic E-state index is 0.0519. The first-order valence-electron chi connectivity index (χ1n) is 9.10. The molecule has 0 aliphatic carbocycles. The molecule has 0 radical (unpaired) electrons. The van der Waals surface area contributed by atoms with Crippen LogP contribution < -0.4 is 10.2 Å². The number of carbonyl (C=O) groups excluding carboxylic acids is 1. The Morgan fingerprint density at radius 2 is 2.17 bits per heavy atom. The number of nitrogens with one attached hydrogen (secondary N) is 1. The quantitative estimate of drug-likeness (QED) is 0.917. The van der Waals surface area contributed by atoms with Gasteiger partial charge in [-0.15, -0.1) is 0 Å². The number of aryl methyl sites for hydroxylation is 1. The molecular formula is C19H28N4O. The Labute approximate surface area is 144 Å². The van der Waals surface area contributed by atoms with Gasteiger partial charge in [-0.3, -0.25) is 4.79 Å². The molecule has 1 atom stereocenters. The zero-order valence-electron chi connectivity index (χ0n) is 15.0. The molecule has 3 rings (SSSR count). The second-order valence-electron chi connectivity index (χ2n) is 7.00. The summed E-state index contributed by atoms with van der Waals surface area (Å²) >= 11 is 0. The zero-order valence-corrected chi connectivity index (χ0v) is 15.0. The van der Waals surface area contributed by atoms with Crippen LogP contribution in [0.5, 0.6) is 0 Å². The molecule has 2 heterocycles. The Kier molecular flexibility index (Phi) is 5.07. The van der Waals surface area contributed by atoms with E-state index in [9.17, 15) is 4.79 Å². The highest BCUT2D eigenvalue weighted by atomic mass is 16.2. The number of aromatic nitrogens is 2. The number of piperidine rings is 1. The minimum atomic E-state index is 0.0519. The van der Waals surface area contributed by atoms with Gasteiger partial charge < -0.3 is 14.8 Å². The smallest absolute Gasteiger partial charge is 0.225 e. The molecule has 0 saturated carbocycles. The van der Waals surface area contributed by atoms with Crippen LogP contribution in [0.15, 0.2) is 24.3 Å². The third-order valence-corrected chi connectivity index (χ3v) is 4.59. The predicted molar refractivity (Wildman–Crippen MR) is 98.2 cm³/mol. The van der Waals surface area contributed by atoms with Crippen molar-refractivity contribution < 1.29 is 4.79 Å². The maximum absolute atomic E-state index is 12.4. The van der Waals surface area contributed by atoms with Crippen LogP contribution in [-0.4, -0.2) is 34.6 Å². The van der Waals surface area contributed by atoms with Gasteiger partial charge in [0.1, 0.15) is 0 Å². The van der Waals surface area contributed by atoms with E-state index in [2.05, 4.69) is 39.9 Å². The second kappa shape index (κ2) is 7.24. The Morgan fingerprint density at radius 1 is 1.38 bits per heavy atom. The lowest BCUT2D eigenvalue weighted by Crippen LogP contribution is -2.45.